The van der Waals surface area contributed by atoms with Crippen molar-refractivity contribution in [1.29, 1.82) is 0 Å². The Morgan fingerprint density at radius 1 is 1.28 bits per heavy atom. The van der Waals surface area contributed by atoms with Crippen molar-refractivity contribution in [2.45, 2.75) is 52.1 Å². The molecule has 5 nitrogen and oxygen atoms in total. The Labute approximate surface area is 151 Å². The van der Waals surface area contributed by atoms with Crippen molar-refractivity contribution in [2.24, 2.45) is 5.73 Å². The lowest BCUT2D eigenvalue weighted by Crippen LogP contribution is -2.33. The topological polar surface area (TPSA) is 67.6 Å². The first-order valence-electron chi connectivity index (χ1n) is 9.39. The van der Waals surface area contributed by atoms with Gasteiger partial charge in [0, 0.05) is 25.3 Å². The van der Waals surface area contributed by atoms with Crippen LogP contribution in [0.2, 0.25) is 0 Å². The number of nitrogens with one attached hydrogen (secondary N) is 1. The molecule has 1 fully saturated rings. The van der Waals surface area contributed by atoms with E-state index in [4.69, 9.17) is 10.5 Å². The van der Waals surface area contributed by atoms with Gasteiger partial charge in [-0.25, -0.2) is 0 Å². The molecular formula is C20H33N3O2. The monoisotopic (exact) mass is 347 g/mol. The first-order chi connectivity index (χ1) is 11.9. The first-order valence-corrected chi connectivity index (χ1v) is 9.39. The van der Waals surface area contributed by atoms with Crippen molar-refractivity contribution in [3.8, 4) is 0 Å². The van der Waals surface area contributed by atoms with Crippen LogP contribution in [0.5, 0.6) is 0 Å². The van der Waals surface area contributed by atoms with Crippen molar-refractivity contribution < 1.29 is 9.53 Å². The lowest BCUT2D eigenvalue weighted by molar-refractivity contribution is -0.117. The molecule has 0 aromatic heterocycles. The lowest BCUT2D eigenvalue weighted by Gasteiger charge is -2.22. The van der Waals surface area contributed by atoms with Gasteiger partial charge >= 0.3 is 0 Å². The SMILES string of the molecule is CC(C)c1cccc(C(C)C)c1NC(=O)CN1CCC(OCCN)C1. The second kappa shape index (κ2) is 9.32. The van der Waals surface area contributed by atoms with Gasteiger partial charge in [-0.15, -0.1) is 0 Å². The largest absolute Gasteiger partial charge is 0.376 e. The molecule has 1 aromatic carbocycles. The number of rotatable bonds is 8. The van der Waals surface area contributed by atoms with Gasteiger partial charge in [0.05, 0.1) is 19.3 Å². The maximum absolute atomic E-state index is 12.6. The molecule has 0 radical (unpaired) electrons. The van der Waals surface area contributed by atoms with Gasteiger partial charge in [0.1, 0.15) is 0 Å². The number of carbonyl (C=O) groups excluding carboxylic acids is 1. The fourth-order valence-corrected chi connectivity index (χ4v) is 3.39. The van der Waals surface area contributed by atoms with E-state index in [2.05, 4.69) is 56.1 Å². The molecule has 1 unspecified atom stereocenters. The van der Waals surface area contributed by atoms with Crippen LogP contribution in [-0.4, -0.2) is 49.7 Å². The highest BCUT2D eigenvalue weighted by molar-refractivity contribution is 5.94. The molecule has 1 saturated heterocycles. The summed E-state index contributed by atoms with van der Waals surface area (Å²) < 4.78 is 5.68. The summed E-state index contributed by atoms with van der Waals surface area (Å²) in [5, 5.41) is 3.19. The minimum absolute atomic E-state index is 0.0504. The van der Waals surface area contributed by atoms with Crippen LogP contribution < -0.4 is 11.1 Å². The molecule has 1 heterocycles. The van der Waals surface area contributed by atoms with Gasteiger partial charge in [-0.2, -0.15) is 0 Å². The minimum Gasteiger partial charge on any atom is -0.376 e. The first kappa shape index (κ1) is 19.9. The highest BCUT2D eigenvalue weighted by atomic mass is 16.5. The molecule has 1 atom stereocenters. The van der Waals surface area contributed by atoms with Crippen LogP contribution in [0, 0.1) is 0 Å². The van der Waals surface area contributed by atoms with Crippen molar-refractivity contribution in [3.05, 3.63) is 29.3 Å². The molecular weight excluding hydrogens is 314 g/mol. The van der Waals surface area contributed by atoms with Crippen LogP contribution in [0.1, 0.15) is 57.1 Å². The van der Waals surface area contributed by atoms with Crippen molar-refractivity contribution in [2.75, 3.05) is 38.1 Å². The number of anilines is 1. The number of carbonyl (C=O) groups is 1. The van der Waals surface area contributed by atoms with Gasteiger partial charge in [0.25, 0.3) is 0 Å². The molecule has 1 aliphatic heterocycles. The van der Waals surface area contributed by atoms with Crippen LogP contribution in [0.4, 0.5) is 5.69 Å². The predicted molar refractivity (Wildman–Crippen MR) is 103 cm³/mol. The Hall–Kier alpha value is -1.43. The minimum atomic E-state index is 0.0504. The van der Waals surface area contributed by atoms with E-state index in [1.54, 1.807) is 0 Å². The zero-order valence-corrected chi connectivity index (χ0v) is 16.0. The average molecular weight is 348 g/mol. The highest BCUT2D eigenvalue weighted by Gasteiger charge is 2.25. The van der Waals surface area contributed by atoms with Gasteiger partial charge < -0.3 is 15.8 Å². The summed E-state index contributed by atoms with van der Waals surface area (Å²) >= 11 is 0. The van der Waals surface area contributed by atoms with Gasteiger partial charge in [0.2, 0.25) is 5.91 Å². The molecule has 1 aliphatic rings. The summed E-state index contributed by atoms with van der Waals surface area (Å²) in [7, 11) is 0. The zero-order valence-electron chi connectivity index (χ0n) is 16.0. The van der Waals surface area contributed by atoms with E-state index >= 15 is 0 Å². The molecule has 140 valence electrons. The molecule has 0 aliphatic carbocycles. The Morgan fingerprint density at radius 2 is 1.92 bits per heavy atom. The summed E-state index contributed by atoms with van der Waals surface area (Å²) in [6, 6.07) is 6.30. The number of amides is 1. The molecule has 0 saturated carbocycles. The molecule has 5 heteroatoms. The van der Waals surface area contributed by atoms with Crippen LogP contribution in [0.3, 0.4) is 0 Å². The molecule has 0 bridgehead atoms. The van der Waals surface area contributed by atoms with E-state index in [9.17, 15) is 4.79 Å². The maximum atomic E-state index is 12.6. The highest BCUT2D eigenvalue weighted by Crippen LogP contribution is 2.32. The molecule has 25 heavy (non-hydrogen) atoms. The Morgan fingerprint density at radius 3 is 2.48 bits per heavy atom. The summed E-state index contributed by atoms with van der Waals surface area (Å²) in [5.41, 5.74) is 8.87. The molecule has 1 amide bonds. The van der Waals surface area contributed by atoms with Crippen molar-refractivity contribution in [1.82, 2.24) is 4.90 Å². The zero-order chi connectivity index (χ0) is 18.4. The fourth-order valence-electron chi connectivity index (χ4n) is 3.39. The number of hydrogen-bond acceptors (Lipinski definition) is 4. The summed E-state index contributed by atoms with van der Waals surface area (Å²) in [6.07, 6.45) is 1.16. The van der Waals surface area contributed by atoms with Crippen LogP contribution >= 0.6 is 0 Å². The standard InChI is InChI=1S/C20H33N3O2/c1-14(2)17-6-5-7-18(15(3)4)20(17)22-19(24)13-23-10-8-16(12-23)25-11-9-21/h5-7,14-16H,8-13,21H2,1-4H3,(H,22,24). The third-order valence-electron chi connectivity index (χ3n) is 4.71. The third-order valence-corrected chi connectivity index (χ3v) is 4.71. The summed E-state index contributed by atoms with van der Waals surface area (Å²) in [6.45, 7) is 11.9. The van der Waals surface area contributed by atoms with E-state index in [0.717, 1.165) is 25.2 Å². The average Bonchev–Trinajstić information content (AvgIpc) is 2.99. The van der Waals surface area contributed by atoms with Crippen molar-refractivity contribution >= 4 is 11.6 Å². The normalized spacial score (nSPS) is 18.3. The molecule has 2 rings (SSSR count). The quantitative estimate of drug-likeness (QED) is 0.759. The maximum Gasteiger partial charge on any atom is 0.238 e. The Bertz CT molecular complexity index is 546. The van der Waals surface area contributed by atoms with Gasteiger partial charge in [0.15, 0.2) is 0 Å². The number of nitrogens with zero attached hydrogens (tertiary/aromatic N) is 1. The third kappa shape index (κ3) is 5.53. The number of benzene rings is 1. The van der Waals surface area contributed by atoms with Gasteiger partial charge in [-0.05, 0) is 29.4 Å². The van der Waals surface area contributed by atoms with E-state index < -0.39 is 0 Å². The van der Waals surface area contributed by atoms with Crippen LogP contribution in [0.25, 0.3) is 0 Å². The number of likely N-dealkylation sites (tertiary alicyclic amines) is 1. The molecule has 1 aromatic rings. The number of ether oxygens (including phenoxy) is 1. The van der Waals surface area contributed by atoms with E-state index in [-0.39, 0.29) is 12.0 Å². The Balaban J connectivity index is 2.01. The number of hydrogen-bond donors (Lipinski definition) is 2. The fraction of sp³-hybridized carbons (Fsp3) is 0.650. The van der Waals surface area contributed by atoms with E-state index in [0.29, 0.717) is 31.5 Å². The van der Waals surface area contributed by atoms with Crippen LogP contribution in [-0.2, 0) is 9.53 Å². The second-order valence-electron chi connectivity index (χ2n) is 7.47. The van der Waals surface area contributed by atoms with Crippen molar-refractivity contribution in [3.63, 3.8) is 0 Å². The summed E-state index contributed by atoms with van der Waals surface area (Å²) in [5.74, 6) is 0.791. The van der Waals surface area contributed by atoms with Crippen LogP contribution in [0.15, 0.2) is 18.2 Å². The lowest BCUT2D eigenvalue weighted by atomic mass is 9.92. The van der Waals surface area contributed by atoms with Gasteiger partial charge in [-0.1, -0.05) is 45.9 Å². The molecule has 0 spiro atoms. The van der Waals surface area contributed by atoms with Gasteiger partial charge in [-0.3, -0.25) is 9.69 Å². The predicted octanol–water partition coefficient (Wildman–Crippen LogP) is 2.92. The van der Waals surface area contributed by atoms with E-state index in [1.165, 1.54) is 11.1 Å². The smallest absolute Gasteiger partial charge is 0.238 e. The van der Waals surface area contributed by atoms with E-state index in [1.807, 2.05) is 0 Å². The number of nitrogens with two attached hydrogens (primary N) is 1. The Kier molecular flexibility index (Phi) is 7.41. The number of para-hydroxylation sites is 1. The second-order valence-corrected chi connectivity index (χ2v) is 7.47. The summed E-state index contributed by atoms with van der Waals surface area (Å²) in [4.78, 5) is 14.8. The molecule has 3 N–H and O–H groups in total.